The van der Waals surface area contributed by atoms with E-state index in [0.717, 1.165) is 11.7 Å². The third-order valence-corrected chi connectivity index (χ3v) is 4.04. The van der Waals surface area contributed by atoms with Gasteiger partial charge in [-0.1, -0.05) is 6.92 Å². The summed E-state index contributed by atoms with van der Waals surface area (Å²) in [6.45, 7) is 4.83. The molecular weight excluding hydrogens is 182 g/mol. The summed E-state index contributed by atoms with van der Waals surface area (Å²) in [7, 11) is 0. The molecule has 1 aliphatic rings. The van der Waals surface area contributed by atoms with Gasteiger partial charge in [0.25, 0.3) is 0 Å². The van der Waals surface area contributed by atoms with Gasteiger partial charge in [0.05, 0.1) is 0 Å². The molecule has 1 unspecified atom stereocenters. The van der Waals surface area contributed by atoms with Crippen LogP contribution in [0, 0.1) is 11.8 Å². The van der Waals surface area contributed by atoms with Gasteiger partial charge in [-0.25, -0.2) is 0 Å². The average molecular weight is 203 g/mol. The zero-order chi connectivity index (χ0) is 9.52. The largest absolute Gasteiger partial charge is 0.396 e. The van der Waals surface area contributed by atoms with Crippen LogP contribution in [0.5, 0.6) is 0 Å². The zero-order valence-corrected chi connectivity index (χ0v) is 9.28. The molecule has 0 amide bonds. The van der Waals surface area contributed by atoms with Crippen LogP contribution in [0.3, 0.4) is 0 Å². The summed E-state index contributed by atoms with van der Waals surface area (Å²) in [6, 6.07) is 0. The number of piperidine rings is 1. The van der Waals surface area contributed by atoms with Crippen molar-refractivity contribution in [2.75, 3.05) is 31.2 Å². The fourth-order valence-corrected chi connectivity index (χ4v) is 2.85. The van der Waals surface area contributed by atoms with E-state index >= 15 is 0 Å². The lowest BCUT2D eigenvalue weighted by Gasteiger charge is -2.22. The van der Waals surface area contributed by atoms with E-state index in [1.165, 1.54) is 31.7 Å². The molecule has 1 atom stereocenters. The maximum atomic E-state index is 8.85. The van der Waals surface area contributed by atoms with E-state index in [4.69, 9.17) is 5.11 Å². The van der Waals surface area contributed by atoms with Gasteiger partial charge in [-0.05, 0) is 49.3 Å². The van der Waals surface area contributed by atoms with E-state index in [9.17, 15) is 0 Å². The highest BCUT2D eigenvalue weighted by Crippen LogP contribution is 2.19. The lowest BCUT2D eigenvalue weighted by molar-refractivity contribution is 0.250. The van der Waals surface area contributed by atoms with Crippen molar-refractivity contribution in [3.05, 3.63) is 0 Å². The first-order valence-corrected chi connectivity index (χ1v) is 6.37. The summed E-state index contributed by atoms with van der Waals surface area (Å²) in [4.78, 5) is 0. The fourth-order valence-electron chi connectivity index (χ4n) is 1.54. The van der Waals surface area contributed by atoms with Crippen molar-refractivity contribution in [3.8, 4) is 0 Å². The Morgan fingerprint density at radius 3 is 2.77 bits per heavy atom. The van der Waals surface area contributed by atoms with Crippen molar-refractivity contribution < 1.29 is 5.11 Å². The Kier molecular flexibility index (Phi) is 5.83. The van der Waals surface area contributed by atoms with E-state index in [-0.39, 0.29) is 0 Å². The second-order valence-electron chi connectivity index (χ2n) is 4.02. The van der Waals surface area contributed by atoms with Gasteiger partial charge in [0.2, 0.25) is 0 Å². The van der Waals surface area contributed by atoms with E-state index in [1.54, 1.807) is 0 Å². The molecular formula is C10H21NOS. The Bertz CT molecular complexity index is 126. The lowest BCUT2D eigenvalue weighted by Crippen LogP contribution is -2.28. The molecule has 13 heavy (non-hydrogen) atoms. The monoisotopic (exact) mass is 203 g/mol. The first kappa shape index (κ1) is 11.3. The molecule has 1 rings (SSSR count). The molecule has 0 aliphatic carbocycles. The van der Waals surface area contributed by atoms with Crippen molar-refractivity contribution in [1.29, 1.82) is 0 Å². The Hall–Kier alpha value is 0.270. The van der Waals surface area contributed by atoms with Gasteiger partial charge < -0.3 is 10.4 Å². The second-order valence-corrected chi connectivity index (χ2v) is 5.09. The molecule has 1 fully saturated rings. The highest BCUT2D eigenvalue weighted by atomic mass is 32.2. The van der Waals surface area contributed by atoms with Crippen LogP contribution in [0.15, 0.2) is 0 Å². The number of hydrogen-bond acceptors (Lipinski definition) is 3. The van der Waals surface area contributed by atoms with Gasteiger partial charge in [-0.15, -0.1) is 0 Å². The van der Waals surface area contributed by atoms with Crippen LogP contribution in [0.1, 0.15) is 19.8 Å². The molecule has 1 aliphatic heterocycles. The summed E-state index contributed by atoms with van der Waals surface area (Å²) >= 11 is 2.00. The van der Waals surface area contributed by atoms with Crippen LogP contribution in [0.25, 0.3) is 0 Å². The third-order valence-electron chi connectivity index (χ3n) is 2.53. The van der Waals surface area contributed by atoms with Crippen LogP contribution in [0.2, 0.25) is 0 Å². The van der Waals surface area contributed by atoms with Crippen LogP contribution < -0.4 is 5.32 Å². The van der Waals surface area contributed by atoms with E-state index in [2.05, 4.69) is 12.2 Å². The molecule has 0 aromatic heterocycles. The summed E-state index contributed by atoms with van der Waals surface area (Å²) in [6.07, 6.45) is 2.67. The minimum atomic E-state index is 0.333. The van der Waals surface area contributed by atoms with Crippen LogP contribution in [0.4, 0.5) is 0 Å². The number of nitrogens with one attached hydrogen (secondary N) is 1. The predicted molar refractivity (Wildman–Crippen MR) is 59.2 cm³/mol. The second kappa shape index (κ2) is 6.68. The smallest absolute Gasteiger partial charge is 0.0464 e. The average Bonchev–Trinajstić information content (AvgIpc) is 2.19. The standard InChI is InChI=1S/C10H21NOS/c1-9(6-12)7-13-8-10-2-4-11-5-3-10/h9-12H,2-8H2,1H3. The Morgan fingerprint density at radius 1 is 1.46 bits per heavy atom. The molecule has 2 nitrogen and oxygen atoms in total. The maximum Gasteiger partial charge on any atom is 0.0464 e. The molecule has 0 aromatic carbocycles. The topological polar surface area (TPSA) is 32.3 Å². The quantitative estimate of drug-likeness (QED) is 0.707. The third kappa shape index (κ3) is 4.89. The summed E-state index contributed by atoms with van der Waals surface area (Å²) in [5.74, 6) is 3.77. The van der Waals surface area contributed by atoms with Crippen molar-refractivity contribution in [2.24, 2.45) is 11.8 Å². The van der Waals surface area contributed by atoms with Gasteiger partial charge in [0, 0.05) is 6.61 Å². The number of aliphatic hydroxyl groups is 1. The highest BCUT2D eigenvalue weighted by Gasteiger charge is 2.12. The molecule has 0 radical (unpaired) electrons. The molecule has 2 N–H and O–H groups in total. The van der Waals surface area contributed by atoms with Crippen LogP contribution in [-0.2, 0) is 0 Å². The lowest BCUT2D eigenvalue weighted by atomic mass is 10.0. The van der Waals surface area contributed by atoms with Crippen molar-refractivity contribution >= 4 is 11.8 Å². The molecule has 0 spiro atoms. The predicted octanol–water partition coefficient (Wildman–Crippen LogP) is 1.35. The number of hydrogen-bond donors (Lipinski definition) is 2. The Morgan fingerprint density at radius 2 is 2.15 bits per heavy atom. The van der Waals surface area contributed by atoms with E-state index in [0.29, 0.717) is 12.5 Å². The van der Waals surface area contributed by atoms with Crippen LogP contribution in [-0.4, -0.2) is 36.3 Å². The molecule has 0 saturated carbocycles. The fraction of sp³-hybridized carbons (Fsp3) is 1.00. The summed E-state index contributed by atoms with van der Waals surface area (Å²) in [5.41, 5.74) is 0. The van der Waals surface area contributed by atoms with Crippen molar-refractivity contribution in [3.63, 3.8) is 0 Å². The first-order chi connectivity index (χ1) is 6.33. The van der Waals surface area contributed by atoms with Gasteiger partial charge in [-0.3, -0.25) is 0 Å². The molecule has 1 heterocycles. The molecule has 0 aromatic rings. The summed E-state index contributed by atoms with van der Waals surface area (Å²) < 4.78 is 0. The van der Waals surface area contributed by atoms with E-state index < -0.39 is 0 Å². The van der Waals surface area contributed by atoms with Gasteiger partial charge >= 0.3 is 0 Å². The normalized spacial score (nSPS) is 21.7. The molecule has 0 bridgehead atoms. The van der Waals surface area contributed by atoms with Crippen molar-refractivity contribution in [2.45, 2.75) is 19.8 Å². The van der Waals surface area contributed by atoms with Gasteiger partial charge in [0.15, 0.2) is 0 Å². The summed E-state index contributed by atoms with van der Waals surface area (Å²) in [5, 5.41) is 12.2. The SMILES string of the molecule is CC(CO)CSCC1CCNCC1. The van der Waals surface area contributed by atoms with Crippen LogP contribution >= 0.6 is 11.8 Å². The molecule has 1 saturated heterocycles. The minimum Gasteiger partial charge on any atom is -0.396 e. The van der Waals surface area contributed by atoms with Gasteiger partial charge in [0.1, 0.15) is 0 Å². The Labute approximate surface area is 85.5 Å². The minimum absolute atomic E-state index is 0.333. The number of rotatable bonds is 5. The van der Waals surface area contributed by atoms with E-state index in [1.807, 2.05) is 11.8 Å². The van der Waals surface area contributed by atoms with Gasteiger partial charge in [-0.2, -0.15) is 11.8 Å². The molecule has 78 valence electrons. The first-order valence-electron chi connectivity index (χ1n) is 5.22. The number of thioether (sulfide) groups is 1. The maximum absolute atomic E-state index is 8.85. The number of aliphatic hydroxyl groups excluding tert-OH is 1. The zero-order valence-electron chi connectivity index (χ0n) is 8.46. The molecule has 3 heteroatoms. The highest BCUT2D eigenvalue weighted by molar-refractivity contribution is 7.99. The Balaban J connectivity index is 1.98. The van der Waals surface area contributed by atoms with Crippen molar-refractivity contribution in [1.82, 2.24) is 5.32 Å².